The average Bonchev–Trinajstić information content (AvgIpc) is 2.37. The number of carbonyl (C=O) groups is 1. The number of likely N-dealkylation sites (tertiary alicyclic amines) is 1. The van der Waals surface area contributed by atoms with Crippen LogP contribution in [0.1, 0.15) is 44.9 Å². The number of nitrogens with zero attached hydrogens (tertiary/aromatic N) is 1. The fourth-order valence-corrected chi connectivity index (χ4v) is 2.74. The number of hydrogen-bond donors (Lipinski definition) is 1. The van der Waals surface area contributed by atoms with Gasteiger partial charge < -0.3 is 15.0 Å². The van der Waals surface area contributed by atoms with Gasteiger partial charge >= 0.3 is 0 Å². The summed E-state index contributed by atoms with van der Waals surface area (Å²) in [6.07, 6.45) is 8.51. The highest BCUT2D eigenvalue weighted by molar-refractivity contribution is 5.77. The Hall–Kier alpha value is -0.610. The van der Waals surface area contributed by atoms with Gasteiger partial charge in [-0.1, -0.05) is 19.3 Å². The number of amides is 1. The molecule has 0 aliphatic carbocycles. The molecule has 0 spiro atoms. The van der Waals surface area contributed by atoms with Crippen LogP contribution in [0, 0.1) is 0 Å². The lowest BCUT2D eigenvalue weighted by Gasteiger charge is -2.27. The van der Waals surface area contributed by atoms with Crippen molar-refractivity contribution in [1.29, 1.82) is 0 Å². The second-order valence-corrected chi connectivity index (χ2v) is 5.41. The maximum absolute atomic E-state index is 12.1. The average molecular weight is 254 g/mol. The Morgan fingerprint density at radius 3 is 2.33 bits per heavy atom. The summed E-state index contributed by atoms with van der Waals surface area (Å²) in [7, 11) is 0. The minimum atomic E-state index is 0.190. The van der Waals surface area contributed by atoms with E-state index in [0.717, 1.165) is 51.9 Å². The fraction of sp³-hybridized carbons (Fsp3) is 0.929. The van der Waals surface area contributed by atoms with Gasteiger partial charge in [-0.2, -0.15) is 0 Å². The van der Waals surface area contributed by atoms with E-state index in [9.17, 15) is 4.79 Å². The molecule has 1 amide bonds. The third kappa shape index (κ3) is 4.58. The van der Waals surface area contributed by atoms with Crippen LogP contribution in [-0.4, -0.2) is 49.7 Å². The van der Waals surface area contributed by atoms with E-state index in [1.54, 1.807) is 0 Å². The number of ether oxygens (including phenoxy) is 1. The van der Waals surface area contributed by atoms with E-state index < -0.39 is 0 Å². The lowest BCUT2D eigenvalue weighted by molar-refractivity contribution is -0.139. The standard InChI is InChI=1S/C14H26N2O2/c17-14(12-18-13-6-8-15-9-7-13)16-10-4-2-1-3-5-11-16/h13,15H,1-12H2. The molecule has 0 aromatic rings. The molecule has 0 saturated carbocycles. The molecule has 2 heterocycles. The molecule has 2 rings (SSSR count). The quantitative estimate of drug-likeness (QED) is 0.831. The normalized spacial score (nSPS) is 23.4. The minimum absolute atomic E-state index is 0.190. The van der Waals surface area contributed by atoms with Crippen LogP contribution in [0.25, 0.3) is 0 Å². The topological polar surface area (TPSA) is 41.6 Å². The summed E-state index contributed by atoms with van der Waals surface area (Å²) in [6, 6.07) is 0. The van der Waals surface area contributed by atoms with E-state index in [1.807, 2.05) is 4.90 Å². The van der Waals surface area contributed by atoms with Crippen molar-refractivity contribution in [2.24, 2.45) is 0 Å². The van der Waals surface area contributed by atoms with Gasteiger partial charge in [0.15, 0.2) is 0 Å². The summed E-state index contributed by atoms with van der Waals surface area (Å²) in [6.45, 7) is 4.17. The molecule has 1 N–H and O–H groups in total. The molecule has 104 valence electrons. The monoisotopic (exact) mass is 254 g/mol. The van der Waals surface area contributed by atoms with E-state index in [-0.39, 0.29) is 18.6 Å². The first kappa shape index (κ1) is 13.8. The highest BCUT2D eigenvalue weighted by Crippen LogP contribution is 2.12. The van der Waals surface area contributed by atoms with Crippen LogP contribution in [0.4, 0.5) is 0 Å². The Labute approximate surface area is 110 Å². The van der Waals surface area contributed by atoms with Crippen molar-refractivity contribution in [3.8, 4) is 0 Å². The zero-order chi connectivity index (χ0) is 12.6. The molecule has 0 radical (unpaired) electrons. The number of nitrogens with one attached hydrogen (secondary N) is 1. The highest BCUT2D eigenvalue weighted by Gasteiger charge is 2.18. The second kappa shape index (κ2) is 7.74. The summed E-state index contributed by atoms with van der Waals surface area (Å²) in [5.74, 6) is 0.190. The lowest BCUT2D eigenvalue weighted by atomic mass is 10.1. The molecule has 2 aliphatic heterocycles. The van der Waals surface area contributed by atoms with Gasteiger partial charge in [0.2, 0.25) is 5.91 Å². The van der Waals surface area contributed by atoms with Crippen molar-refractivity contribution in [3.05, 3.63) is 0 Å². The number of rotatable bonds is 3. The maximum atomic E-state index is 12.1. The molecule has 18 heavy (non-hydrogen) atoms. The smallest absolute Gasteiger partial charge is 0.248 e. The zero-order valence-electron chi connectivity index (χ0n) is 11.3. The summed E-state index contributed by atoms with van der Waals surface area (Å²) in [5, 5.41) is 3.31. The lowest BCUT2D eigenvalue weighted by Crippen LogP contribution is -2.39. The third-order valence-corrected chi connectivity index (χ3v) is 3.94. The van der Waals surface area contributed by atoms with Gasteiger partial charge in [-0.25, -0.2) is 0 Å². The predicted octanol–water partition coefficient (Wildman–Crippen LogP) is 1.55. The van der Waals surface area contributed by atoms with E-state index in [2.05, 4.69) is 5.32 Å². The number of piperidine rings is 1. The van der Waals surface area contributed by atoms with Gasteiger partial charge in [0.25, 0.3) is 0 Å². The predicted molar refractivity (Wildman–Crippen MR) is 71.5 cm³/mol. The summed E-state index contributed by atoms with van der Waals surface area (Å²) < 4.78 is 5.74. The van der Waals surface area contributed by atoms with Crippen LogP contribution in [-0.2, 0) is 9.53 Å². The molecule has 0 atom stereocenters. The van der Waals surface area contributed by atoms with Gasteiger partial charge in [-0.15, -0.1) is 0 Å². The molecule has 0 aromatic heterocycles. The fourth-order valence-electron chi connectivity index (χ4n) is 2.74. The first-order chi connectivity index (χ1) is 8.86. The van der Waals surface area contributed by atoms with Crippen LogP contribution < -0.4 is 5.32 Å². The van der Waals surface area contributed by atoms with Gasteiger partial charge in [0.1, 0.15) is 6.61 Å². The molecular formula is C14H26N2O2. The summed E-state index contributed by atoms with van der Waals surface area (Å²) >= 11 is 0. The van der Waals surface area contributed by atoms with E-state index in [1.165, 1.54) is 19.3 Å². The first-order valence-electron chi connectivity index (χ1n) is 7.46. The molecule has 4 nitrogen and oxygen atoms in total. The molecule has 2 aliphatic rings. The summed E-state index contributed by atoms with van der Waals surface area (Å²) in [5.41, 5.74) is 0. The Balaban J connectivity index is 1.68. The number of hydrogen-bond acceptors (Lipinski definition) is 3. The molecule has 2 fully saturated rings. The molecule has 0 unspecified atom stereocenters. The maximum Gasteiger partial charge on any atom is 0.248 e. The van der Waals surface area contributed by atoms with Crippen molar-refractivity contribution in [1.82, 2.24) is 10.2 Å². The van der Waals surface area contributed by atoms with Gasteiger partial charge in [-0.3, -0.25) is 4.79 Å². The van der Waals surface area contributed by atoms with Gasteiger partial charge in [0, 0.05) is 13.1 Å². The zero-order valence-corrected chi connectivity index (χ0v) is 11.3. The number of carbonyl (C=O) groups excluding carboxylic acids is 1. The summed E-state index contributed by atoms with van der Waals surface area (Å²) in [4.78, 5) is 14.1. The molecule has 2 saturated heterocycles. The highest BCUT2D eigenvalue weighted by atomic mass is 16.5. The van der Waals surface area contributed by atoms with Crippen LogP contribution in [0.5, 0.6) is 0 Å². The molecule has 4 heteroatoms. The van der Waals surface area contributed by atoms with Crippen LogP contribution in [0.15, 0.2) is 0 Å². The molecule has 0 bridgehead atoms. The van der Waals surface area contributed by atoms with Crippen molar-refractivity contribution in [2.45, 2.75) is 51.0 Å². The van der Waals surface area contributed by atoms with Crippen molar-refractivity contribution in [2.75, 3.05) is 32.8 Å². The SMILES string of the molecule is O=C(COC1CCNCC1)N1CCCCCCC1. The van der Waals surface area contributed by atoms with Crippen LogP contribution in [0.3, 0.4) is 0 Å². The van der Waals surface area contributed by atoms with Crippen molar-refractivity contribution in [3.63, 3.8) is 0 Å². The van der Waals surface area contributed by atoms with Crippen molar-refractivity contribution < 1.29 is 9.53 Å². The van der Waals surface area contributed by atoms with E-state index in [4.69, 9.17) is 4.74 Å². The van der Waals surface area contributed by atoms with Crippen molar-refractivity contribution >= 4 is 5.91 Å². The van der Waals surface area contributed by atoms with Crippen LogP contribution >= 0.6 is 0 Å². The van der Waals surface area contributed by atoms with Gasteiger partial charge in [0.05, 0.1) is 6.10 Å². The largest absolute Gasteiger partial charge is 0.368 e. The minimum Gasteiger partial charge on any atom is -0.368 e. The first-order valence-corrected chi connectivity index (χ1v) is 7.46. The Morgan fingerprint density at radius 2 is 1.67 bits per heavy atom. The molecule has 0 aromatic carbocycles. The third-order valence-electron chi connectivity index (χ3n) is 3.94. The second-order valence-electron chi connectivity index (χ2n) is 5.41. The Morgan fingerprint density at radius 1 is 1.06 bits per heavy atom. The van der Waals surface area contributed by atoms with E-state index >= 15 is 0 Å². The van der Waals surface area contributed by atoms with E-state index in [0.29, 0.717) is 0 Å². The Kier molecular flexibility index (Phi) is 5.94. The Bertz CT molecular complexity index is 244. The van der Waals surface area contributed by atoms with Gasteiger partial charge in [-0.05, 0) is 38.8 Å². The van der Waals surface area contributed by atoms with Crippen LogP contribution in [0.2, 0.25) is 0 Å². The molecular weight excluding hydrogens is 228 g/mol.